The molecule has 1 amide bonds. The van der Waals surface area contributed by atoms with Crippen LogP contribution in [-0.2, 0) is 10.0 Å². The van der Waals surface area contributed by atoms with Crippen LogP contribution in [0, 0.1) is 5.92 Å². The molecule has 3 aliphatic rings. The zero-order chi connectivity index (χ0) is 20.7. The van der Waals surface area contributed by atoms with Gasteiger partial charge in [0.15, 0.2) is 0 Å². The number of benzene rings is 2. The third kappa shape index (κ3) is 3.62. The molecule has 1 saturated heterocycles. The molecule has 2 aromatic carbocycles. The summed E-state index contributed by atoms with van der Waals surface area (Å²) in [6.07, 6.45) is 5.85. The lowest BCUT2D eigenvalue weighted by Crippen LogP contribution is -2.35. The van der Waals surface area contributed by atoms with Crippen LogP contribution >= 0.6 is 0 Å². The normalized spacial score (nSPS) is 20.9. The van der Waals surface area contributed by atoms with Crippen molar-refractivity contribution >= 4 is 27.5 Å². The van der Waals surface area contributed by atoms with Gasteiger partial charge in [-0.1, -0.05) is 36.8 Å². The van der Waals surface area contributed by atoms with Gasteiger partial charge in [-0.15, -0.1) is 4.40 Å². The zero-order valence-electron chi connectivity index (χ0n) is 16.8. The molecule has 2 fully saturated rings. The average Bonchev–Trinajstić information content (AvgIpc) is 3.59. The quantitative estimate of drug-likeness (QED) is 0.805. The first-order valence-electron chi connectivity index (χ1n) is 10.6. The predicted molar refractivity (Wildman–Crippen MR) is 116 cm³/mol. The van der Waals surface area contributed by atoms with Gasteiger partial charge in [-0.2, -0.15) is 8.42 Å². The number of sulfonamides is 1. The minimum atomic E-state index is -3.80. The van der Waals surface area contributed by atoms with Gasteiger partial charge in [-0.05, 0) is 55.4 Å². The highest BCUT2D eigenvalue weighted by atomic mass is 32.2. The van der Waals surface area contributed by atoms with Crippen LogP contribution in [-0.4, -0.2) is 26.7 Å². The Morgan fingerprint density at radius 1 is 1.07 bits per heavy atom. The lowest BCUT2D eigenvalue weighted by Gasteiger charge is -2.29. The van der Waals surface area contributed by atoms with Crippen LogP contribution < -0.4 is 10.2 Å². The maximum absolute atomic E-state index is 13.0. The van der Waals surface area contributed by atoms with Crippen LogP contribution in [0.2, 0.25) is 0 Å². The standard InChI is InChI=1S/C23H25N3O3S/c27-23(24-22(17-10-11-17)16-7-3-1-4-8-16)18-12-13-19-20(15-18)30(28,29)25-21-9-5-2-6-14-26(19)21/h1,3-4,7-8,12-13,15,17,22H,2,5-6,9-11,14H2,(H,24,27). The number of rotatable bonds is 4. The van der Waals surface area contributed by atoms with E-state index in [9.17, 15) is 13.2 Å². The molecule has 2 aliphatic heterocycles. The molecule has 1 aliphatic carbocycles. The largest absolute Gasteiger partial charge is 0.345 e. The molecule has 1 unspecified atom stereocenters. The number of amides is 1. The molecule has 1 saturated carbocycles. The van der Waals surface area contributed by atoms with E-state index in [1.165, 1.54) is 6.07 Å². The van der Waals surface area contributed by atoms with Crippen LogP contribution in [0.4, 0.5) is 5.69 Å². The second-order valence-corrected chi connectivity index (χ2v) is 9.90. The van der Waals surface area contributed by atoms with Crippen LogP contribution in [0.5, 0.6) is 0 Å². The number of amidine groups is 1. The van der Waals surface area contributed by atoms with Crippen molar-refractivity contribution in [2.45, 2.75) is 49.5 Å². The maximum atomic E-state index is 13.0. The molecule has 0 radical (unpaired) electrons. The van der Waals surface area contributed by atoms with Crippen molar-refractivity contribution in [3.8, 4) is 0 Å². The number of carbonyl (C=O) groups excluding carboxylic acids is 1. The molecule has 156 valence electrons. The van der Waals surface area contributed by atoms with E-state index in [1.54, 1.807) is 12.1 Å². The summed E-state index contributed by atoms with van der Waals surface area (Å²) in [5.74, 6) is 0.802. The number of carbonyl (C=O) groups is 1. The third-order valence-electron chi connectivity index (χ3n) is 6.15. The van der Waals surface area contributed by atoms with Gasteiger partial charge in [0, 0.05) is 18.5 Å². The SMILES string of the molecule is O=C(NC(c1ccccc1)C1CC1)c1ccc2c(c1)S(=O)(=O)N=C1CCCCCN12. The first-order chi connectivity index (χ1) is 14.5. The van der Waals surface area contributed by atoms with Gasteiger partial charge >= 0.3 is 0 Å². The first-order valence-corrected chi connectivity index (χ1v) is 12.1. The highest BCUT2D eigenvalue weighted by Gasteiger charge is 2.35. The van der Waals surface area contributed by atoms with Gasteiger partial charge in [0.2, 0.25) is 0 Å². The molecule has 6 nitrogen and oxygen atoms in total. The molecule has 2 aromatic rings. The van der Waals surface area contributed by atoms with Crippen LogP contribution in [0.3, 0.4) is 0 Å². The Hall–Kier alpha value is -2.67. The van der Waals surface area contributed by atoms with Gasteiger partial charge in [-0.25, -0.2) is 0 Å². The molecule has 1 N–H and O–H groups in total. The van der Waals surface area contributed by atoms with Gasteiger partial charge in [0.1, 0.15) is 10.7 Å². The summed E-state index contributed by atoms with van der Waals surface area (Å²) in [6.45, 7) is 0.755. The Kier molecular flexibility index (Phi) is 4.85. The fraction of sp³-hybridized carbons (Fsp3) is 0.391. The van der Waals surface area contributed by atoms with E-state index >= 15 is 0 Å². The van der Waals surface area contributed by atoms with Crippen LogP contribution in [0.15, 0.2) is 57.8 Å². The number of hydrogen-bond donors (Lipinski definition) is 1. The van der Waals surface area contributed by atoms with Gasteiger partial charge in [0.25, 0.3) is 15.9 Å². The van der Waals surface area contributed by atoms with E-state index in [2.05, 4.69) is 9.71 Å². The van der Waals surface area contributed by atoms with E-state index in [0.717, 1.165) is 44.2 Å². The van der Waals surface area contributed by atoms with E-state index in [1.807, 2.05) is 35.2 Å². The smallest absolute Gasteiger partial charge is 0.286 e. The third-order valence-corrected chi connectivity index (χ3v) is 7.48. The maximum Gasteiger partial charge on any atom is 0.286 e. The highest BCUT2D eigenvalue weighted by molar-refractivity contribution is 7.90. The van der Waals surface area contributed by atoms with Crippen molar-refractivity contribution in [1.82, 2.24) is 5.32 Å². The summed E-state index contributed by atoms with van der Waals surface area (Å²) in [7, 11) is -3.80. The number of nitrogens with one attached hydrogen (secondary N) is 1. The number of nitrogens with zero attached hydrogens (tertiary/aromatic N) is 2. The van der Waals surface area contributed by atoms with Crippen molar-refractivity contribution in [3.05, 3.63) is 59.7 Å². The molecule has 30 heavy (non-hydrogen) atoms. The van der Waals surface area contributed by atoms with Gasteiger partial charge < -0.3 is 10.2 Å². The van der Waals surface area contributed by atoms with E-state index in [4.69, 9.17) is 0 Å². The summed E-state index contributed by atoms with van der Waals surface area (Å²) < 4.78 is 29.7. The lowest BCUT2D eigenvalue weighted by atomic mass is 10.0. The fourth-order valence-electron chi connectivity index (χ4n) is 4.41. The van der Waals surface area contributed by atoms with Crippen molar-refractivity contribution in [2.24, 2.45) is 10.3 Å². The molecule has 7 heteroatoms. The number of fused-ring (bicyclic) bond motifs is 3. The van der Waals surface area contributed by atoms with E-state index in [0.29, 0.717) is 29.4 Å². The number of anilines is 1. The van der Waals surface area contributed by atoms with E-state index < -0.39 is 10.0 Å². The van der Waals surface area contributed by atoms with Crippen LogP contribution in [0.1, 0.15) is 60.5 Å². The Bertz CT molecular complexity index is 1110. The second-order valence-electron chi connectivity index (χ2n) is 8.33. The Morgan fingerprint density at radius 2 is 1.87 bits per heavy atom. The van der Waals surface area contributed by atoms with E-state index in [-0.39, 0.29) is 16.8 Å². The average molecular weight is 424 g/mol. The Labute approximate surface area is 177 Å². The Morgan fingerprint density at radius 3 is 2.63 bits per heavy atom. The molecular weight excluding hydrogens is 398 g/mol. The summed E-state index contributed by atoms with van der Waals surface area (Å²) >= 11 is 0. The fourth-order valence-corrected chi connectivity index (χ4v) is 5.69. The highest BCUT2D eigenvalue weighted by Crippen LogP contribution is 2.41. The Balaban J connectivity index is 1.45. The molecule has 0 spiro atoms. The van der Waals surface area contributed by atoms with Crippen molar-refractivity contribution in [1.29, 1.82) is 0 Å². The van der Waals surface area contributed by atoms with Crippen molar-refractivity contribution in [3.63, 3.8) is 0 Å². The summed E-state index contributed by atoms with van der Waals surface area (Å²) in [5.41, 5.74) is 2.07. The minimum Gasteiger partial charge on any atom is -0.345 e. The molecular formula is C23H25N3O3S. The lowest BCUT2D eigenvalue weighted by molar-refractivity contribution is 0.0931. The van der Waals surface area contributed by atoms with Crippen LogP contribution in [0.25, 0.3) is 0 Å². The minimum absolute atomic E-state index is 0.0541. The molecule has 2 heterocycles. The molecule has 5 rings (SSSR count). The predicted octanol–water partition coefficient (Wildman–Crippen LogP) is 4.05. The molecule has 1 atom stereocenters. The molecule has 0 bridgehead atoms. The summed E-state index contributed by atoms with van der Waals surface area (Å²) in [4.78, 5) is 15.2. The van der Waals surface area contributed by atoms with Crippen molar-refractivity contribution in [2.75, 3.05) is 11.4 Å². The number of hydrogen-bond acceptors (Lipinski definition) is 4. The first kappa shape index (κ1) is 19.3. The van der Waals surface area contributed by atoms with Crippen molar-refractivity contribution < 1.29 is 13.2 Å². The van der Waals surface area contributed by atoms with Gasteiger partial charge in [0.05, 0.1) is 11.7 Å². The van der Waals surface area contributed by atoms with Gasteiger partial charge in [-0.3, -0.25) is 4.79 Å². The zero-order valence-corrected chi connectivity index (χ0v) is 17.6. The molecule has 0 aromatic heterocycles. The summed E-state index contributed by atoms with van der Waals surface area (Å²) in [6, 6.07) is 14.9. The second kappa shape index (κ2) is 7.54. The summed E-state index contributed by atoms with van der Waals surface area (Å²) in [5, 5.41) is 3.13. The monoisotopic (exact) mass is 423 g/mol. The topological polar surface area (TPSA) is 78.8 Å².